The highest BCUT2D eigenvalue weighted by Crippen LogP contribution is 2.25. The highest BCUT2D eigenvalue weighted by molar-refractivity contribution is 5.95. The molecule has 1 atom stereocenters. The number of amides is 3. The number of rotatable bonds is 17. The molecule has 0 radical (unpaired) electrons. The monoisotopic (exact) mass is 504 g/mol. The van der Waals surface area contributed by atoms with Crippen LogP contribution in [0.5, 0.6) is 0 Å². The Morgan fingerprint density at radius 1 is 0.833 bits per heavy atom. The maximum absolute atomic E-state index is 13.1. The van der Waals surface area contributed by atoms with E-state index in [1.54, 1.807) is 4.90 Å². The van der Waals surface area contributed by atoms with E-state index in [1.165, 1.54) is 51.4 Å². The predicted octanol–water partition coefficient (Wildman–Crippen LogP) is 8.20. The number of carbonyl (C=O) groups excluding carboxylic acids is 2. The summed E-state index contributed by atoms with van der Waals surface area (Å²) in [6, 6.07) is 0.210. The Morgan fingerprint density at radius 2 is 1.47 bits per heavy atom. The summed E-state index contributed by atoms with van der Waals surface area (Å²) in [5, 5.41) is 13.2. The predicted molar refractivity (Wildman–Crippen MR) is 150 cm³/mol. The van der Waals surface area contributed by atoms with Gasteiger partial charge in [0, 0.05) is 18.5 Å². The summed E-state index contributed by atoms with van der Waals surface area (Å²) in [5.74, 6) is 0.0337. The van der Waals surface area contributed by atoms with Crippen molar-refractivity contribution in [3.8, 4) is 0 Å². The Balaban J connectivity index is 1.58. The van der Waals surface area contributed by atoms with Gasteiger partial charge in [0.05, 0.1) is 6.10 Å². The van der Waals surface area contributed by atoms with Crippen LogP contribution in [-0.4, -0.2) is 40.1 Å². The quantitative estimate of drug-likeness (QED) is 0.155. The molecule has 2 N–H and O–H groups in total. The minimum atomic E-state index is -0.187. The summed E-state index contributed by atoms with van der Waals surface area (Å²) in [4.78, 5) is 27.8. The molecule has 0 aromatic heterocycles. The van der Waals surface area contributed by atoms with Gasteiger partial charge in [-0.05, 0) is 57.8 Å². The van der Waals surface area contributed by atoms with Gasteiger partial charge in [0.25, 0.3) is 0 Å². The molecule has 0 saturated heterocycles. The summed E-state index contributed by atoms with van der Waals surface area (Å²) in [5.41, 5.74) is 0. The molecular weight excluding hydrogens is 448 g/mol. The number of nitrogens with zero attached hydrogens (tertiary/aromatic N) is 1. The maximum atomic E-state index is 13.1. The van der Waals surface area contributed by atoms with Crippen molar-refractivity contribution in [1.82, 2.24) is 10.2 Å². The molecule has 208 valence electrons. The second-order valence-corrected chi connectivity index (χ2v) is 11.4. The third kappa shape index (κ3) is 13.3. The van der Waals surface area contributed by atoms with Gasteiger partial charge in [-0.25, -0.2) is 4.79 Å². The van der Waals surface area contributed by atoms with E-state index in [4.69, 9.17) is 0 Å². The smallest absolute Gasteiger partial charge is 0.324 e. The Hall–Kier alpha value is -1.36. The van der Waals surface area contributed by atoms with Crippen molar-refractivity contribution in [2.75, 3.05) is 0 Å². The number of carbonyl (C=O) groups is 2. The van der Waals surface area contributed by atoms with E-state index in [2.05, 4.69) is 24.4 Å². The van der Waals surface area contributed by atoms with Gasteiger partial charge in [-0.2, -0.15) is 0 Å². The Bertz CT molecular complexity index is 609. The molecule has 2 rings (SSSR count). The van der Waals surface area contributed by atoms with Gasteiger partial charge in [0.15, 0.2) is 0 Å². The Kier molecular flexibility index (Phi) is 16.9. The lowest BCUT2D eigenvalue weighted by molar-refractivity contribution is -0.130. The van der Waals surface area contributed by atoms with Gasteiger partial charge >= 0.3 is 6.03 Å². The number of hydrogen-bond donors (Lipinski definition) is 2. The lowest BCUT2D eigenvalue weighted by atomic mass is 9.93. The zero-order chi connectivity index (χ0) is 25.8. The van der Waals surface area contributed by atoms with Gasteiger partial charge in [0.1, 0.15) is 0 Å². The van der Waals surface area contributed by atoms with Crippen LogP contribution in [0.4, 0.5) is 4.79 Å². The molecule has 0 bridgehead atoms. The number of hydrogen-bond acceptors (Lipinski definition) is 3. The molecule has 0 aromatic carbocycles. The highest BCUT2D eigenvalue weighted by Gasteiger charge is 2.31. The van der Waals surface area contributed by atoms with Gasteiger partial charge in [-0.1, -0.05) is 103 Å². The maximum Gasteiger partial charge on any atom is 0.324 e. The molecule has 0 unspecified atom stereocenters. The molecule has 5 heteroatoms. The zero-order valence-electron chi connectivity index (χ0n) is 23.4. The number of nitrogens with one attached hydrogen (secondary N) is 1. The topological polar surface area (TPSA) is 69.6 Å². The zero-order valence-corrected chi connectivity index (χ0v) is 23.4. The molecule has 0 heterocycles. The molecule has 2 saturated carbocycles. The average Bonchev–Trinajstić information content (AvgIpc) is 2.89. The second-order valence-electron chi connectivity index (χ2n) is 11.4. The van der Waals surface area contributed by atoms with Crippen molar-refractivity contribution < 1.29 is 14.7 Å². The van der Waals surface area contributed by atoms with Gasteiger partial charge in [-0.3, -0.25) is 9.69 Å². The van der Waals surface area contributed by atoms with Gasteiger partial charge in [0.2, 0.25) is 5.91 Å². The van der Waals surface area contributed by atoms with E-state index in [9.17, 15) is 14.7 Å². The summed E-state index contributed by atoms with van der Waals surface area (Å²) in [7, 11) is 0. The first-order chi connectivity index (χ1) is 17.6. The number of aliphatic hydroxyl groups is 1. The highest BCUT2D eigenvalue weighted by atomic mass is 16.3. The van der Waals surface area contributed by atoms with E-state index in [0.29, 0.717) is 6.42 Å². The van der Waals surface area contributed by atoms with Gasteiger partial charge < -0.3 is 10.4 Å². The van der Waals surface area contributed by atoms with E-state index in [-0.39, 0.29) is 30.1 Å². The fraction of sp³-hybridized carbons (Fsp3) is 0.871. The lowest BCUT2D eigenvalue weighted by Gasteiger charge is -2.34. The fourth-order valence-corrected chi connectivity index (χ4v) is 5.80. The third-order valence-corrected chi connectivity index (χ3v) is 8.09. The second kappa shape index (κ2) is 19.7. The van der Waals surface area contributed by atoms with Crippen molar-refractivity contribution >= 4 is 11.9 Å². The van der Waals surface area contributed by atoms with Crippen LogP contribution < -0.4 is 5.32 Å². The van der Waals surface area contributed by atoms with Crippen LogP contribution >= 0.6 is 0 Å². The number of urea groups is 1. The Morgan fingerprint density at radius 3 is 2.19 bits per heavy atom. The molecule has 36 heavy (non-hydrogen) atoms. The summed E-state index contributed by atoms with van der Waals surface area (Å²) in [6.45, 7) is 2.21. The molecule has 0 spiro atoms. The van der Waals surface area contributed by atoms with E-state index < -0.39 is 0 Å². The van der Waals surface area contributed by atoms with Gasteiger partial charge in [-0.15, -0.1) is 0 Å². The summed E-state index contributed by atoms with van der Waals surface area (Å²) in [6.07, 6.45) is 28.8. The average molecular weight is 505 g/mol. The number of allylic oxidation sites excluding steroid dienone is 1. The van der Waals surface area contributed by atoms with Crippen molar-refractivity contribution in [3.63, 3.8) is 0 Å². The van der Waals surface area contributed by atoms with Crippen LogP contribution in [-0.2, 0) is 4.79 Å². The number of unbranched alkanes of at least 4 members (excludes halogenated alkanes) is 8. The number of imide groups is 1. The summed E-state index contributed by atoms with van der Waals surface area (Å²) < 4.78 is 0. The van der Waals surface area contributed by atoms with Crippen LogP contribution in [0.1, 0.15) is 155 Å². The van der Waals surface area contributed by atoms with E-state index >= 15 is 0 Å². The first-order valence-electron chi connectivity index (χ1n) is 15.6. The van der Waals surface area contributed by atoms with Crippen LogP contribution in [0.2, 0.25) is 0 Å². The van der Waals surface area contributed by atoms with Crippen LogP contribution in [0.25, 0.3) is 0 Å². The van der Waals surface area contributed by atoms with Crippen molar-refractivity contribution in [1.29, 1.82) is 0 Å². The summed E-state index contributed by atoms with van der Waals surface area (Å²) >= 11 is 0. The fourth-order valence-electron chi connectivity index (χ4n) is 5.80. The van der Waals surface area contributed by atoms with Crippen LogP contribution in [0.3, 0.4) is 0 Å². The molecule has 2 aliphatic carbocycles. The largest absolute Gasteiger partial charge is 0.393 e. The first kappa shape index (κ1) is 30.9. The number of aliphatic hydroxyl groups excluding tert-OH is 1. The Labute approximate surface area is 221 Å². The lowest BCUT2D eigenvalue weighted by Crippen LogP contribution is -2.52. The minimum absolute atomic E-state index is 0.0337. The van der Waals surface area contributed by atoms with Crippen molar-refractivity contribution in [3.05, 3.63) is 12.2 Å². The molecule has 3 amide bonds. The first-order valence-corrected chi connectivity index (χ1v) is 15.6. The normalized spacial score (nSPS) is 18.4. The van der Waals surface area contributed by atoms with Crippen LogP contribution in [0.15, 0.2) is 12.2 Å². The molecule has 0 aromatic rings. The molecule has 5 nitrogen and oxygen atoms in total. The van der Waals surface area contributed by atoms with E-state index in [0.717, 1.165) is 89.9 Å². The van der Waals surface area contributed by atoms with Crippen molar-refractivity contribution in [2.45, 2.75) is 173 Å². The standard InChI is InChI=1S/C31H56N2O3/c1-2-3-4-17-24-29(34)25-18-9-7-5-6-8-10-19-26-30(35)33(28-22-15-12-16-23-28)31(36)32-27-20-13-11-14-21-27/h9,18,27-29,34H,2-8,10-17,19-26H2,1H3,(H,32,36)/b18-9-/t29-/m1/s1. The molecule has 2 fully saturated rings. The molecular formula is C31H56N2O3. The SMILES string of the molecule is CCCCCC[C@@H](O)C/C=C\CCCCCCCC(=O)N(C(=O)NC1CCCCC1)C1CCCCC1. The van der Waals surface area contributed by atoms with E-state index in [1.807, 2.05) is 0 Å². The third-order valence-electron chi connectivity index (χ3n) is 8.09. The van der Waals surface area contributed by atoms with Crippen molar-refractivity contribution in [2.24, 2.45) is 0 Å². The minimum Gasteiger partial charge on any atom is -0.393 e. The molecule has 2 aliphatic rings. The molecule has 0 aliphatic heterocycles. The van der Waals surface area contributed by atoms with Crippen LogP contribution in [0, 0.1) is 0 Å².